The fraction of sp³-hybridized carbons (Fsp3) is 0.300. The van der Waals surface area contributed by atoms with E-state index in [-0.39, 0.29) is 25.2 Å². The fourth-order valence-corrected chi connectivity index (χ4v) is 2.56. The molecule has 0 N–H and O–H groups in total. The second kappa shape index (κ2) is 8.65. The number of carbonyl (C=O) groups is 2. The molecule has 138 valence electrons. The number of alkyl halides is 2. The zero-order valence-corrected chi connectivity index (χ0v) is 14.3. The highest BCUT2D eigenvalue weighted by molar-refractivity contribution is 6.09. The molecule has 0 atom stereocenters. The van der Waals surface area contributed by atoms with Crippen molar-refractivity contribution >= 4 is 11.8 Å². The third kappa shape index (κ3) is 4.94. The summed E-state index contributed by atoms with van der Waals surface area (Å²) in [6.45, 7) is 1.36. The number of esters is 1. The zero-order valence-electron chi connectivity index (χ0n) is 14.3. The van der Waals surface area contributed by atoms with Gasteiger partial charge in [0.2, 0.25) is 0 Å². The SMILES string of the molecule is CCOC(=O)C(F)(F)CCCc1ccccc1C(=O)c1ccc(F)cc1. The van der Waals surface area contributed by atoms with Crippen molar-refractivity contribution in [2.45, 2.75) is 32.1 Å². The van der Waals surface area contributed by atoms with Crippen molar-refractivity contribution in [2.24, 2.45) is 0 Å². The van der Waals surface area contributed by atoms with E-state index in [4.69, 9.17) is 0 Å². The molecule has 0 spiro atoms. The molecule has 0 radical (unpaired) electrons. The standard InChI is InChI=1S/C20H19F3O3/c1-2-26-19(25)20(22,23)13-5-7-14-6-3-4-8-17(14)18(24)15-9-11-16(21)12-10-15/h3-4,6,8-12H,2,5,7,13H2,1H3. The molecule has 0 saturated heterocycles. The lowest BCUT2D eigenvalue weighted by Gasteiger charge is -2.15. The van der Waals surface area contributed by atoms with E-state index in [2.05, 4.69) is 4.74 Å². The highest BCUT2D eigenvalue weighted by Crippen LogP contribution is 2.25. The van der Waals surface area contributed by atoms with Crippen molar-refractivity contribution in [1.82, 2.24) is 0 Å². The minimum atomic E-state index is -3.55. The molecule has 2 aromatic carbocycles. The maximum Gasteiger partial charge on any atom is 0.376 e. The van der Waals surface area contributed by atoms with Gasteiger partial charge in [0.1, 0.15) is 5.82 Å². The maximum atomic E-state index is 13.7. The van der Waals surface area contributed by atoms with Gasteiger partial charge in [-0.2, -0.15) is 8.78 Å². The molecular weight excluding hydrogens is 345 g/mol. The third-order valence-electron chi connectivity index (χ3n) is 3.88. The van der Waals surface area contributed by atoms with Gasteiger partial charge in [0.05, 0.1) is 6.61 Å². The highest BCUT2D eigenvalue weighted by atomic mass is 19.3. The maximum absolute atomic E-state index is 13.7. The van der Waals surface area contributed by atoms with Gasteiger partial charge in [-0.05, 0) is 49.6 Å². The Labute approximate surface area is 149 Å². The van der Waals surface area contributed by atoms with Crippen LogP contribution >= 0.6 is 0 Å². The molecule has 0 amide bonds. The topological polar surface area (TPSA) is 43.4 Å². The molecule has 0 heterocycles. The van der Waals surface area contributed by atoms with Gasteiger partial charge in [0.15, 0.2) is 5.78 Å². The Bertz CT molecular complexity index is 770. The van der Waals surface area contributed by atoms with Crippen LogP contribution < -0.4 is 0 Å². The van der Waals surface area contributed by atoms with Crippen molar-refractivity contribution in [2.75, 3.05) is 6.61 Å². The van der Waals surface area contributed by atoms with Crippen LogP contribution in [0.3, 0.4) is 0 Å². The molecule has 2 rings (SSSR count). The molecule has 6 heteroatoms. The number of halogens is 3. The van der Waals surface area contributed by atoms with E-state index in [1.54, 1.807) is 24.3 Å². The van der Waals surface area contributed by atoms with E-state index in [0.717, 1.165) is 0 Å². The van der Waals surface area contributed by atoms with Crippen LogP contribution in [-0.4, -0.2) is 24.3 Å². The van der Waals surface area contributed by atoms with Gasteiger partial charge in [-0.3, -0.25) is 4.79 Å². The normalized spacial score (nSPS) is 11.2. The summed E-state index contributed by atoms with van der Waals surface area (Å²) in [5.41, 5.74) is 1.29. The number of hydrogen-bond donors (Lipinski definition) is 0. The first-order valence-electron chi connectivity index (χ1n) is 8.28. The molecule has 0 bridgehead atoms. The number of hydrogen-bond acceptors (Lipinski definition) is 3. The Morgan fingerprint density at radius 3 is 2.35 bits per heavy atom. The van der Waals surface area contributed by atoms with E-state index >= 15 is 0 Å². The molecular formula is C20H19F3O3. The number of ketones is 1. The molecule has 3 nitrogen and oxygen atoms in total. The minimum Gasteiger partial charge on any atom is -0.462 e. The largest absolute Gasteiger partial charge is 0.462 e. The lowest BCUT2D eigenvalue weighted by Crippen LogP contribution is -2.30. The van der Waals surface area contributed by atoms with E-state index in [1.807, 2.05) is 0 Å². The average molecular weight is 364 g/mol. The smallest absolute Gasteiger partial charge is 0.376 e. The van der Waals surface area contributed by atoms with Crippen LogP contribution in [0.5, 0.6) is 0 Å². The van der Waals surface area contributed by atoms with Gasteiger partial charge >= 0.3 is 11.9 Å². The van der Waals surface area contributed by atoms with Gasteiger partial charge in [-0.25, -0.2) is 9.18 Å². The molecule has 2 aromatic rings. The van der Waals surface area contributed by atoms with Crippen molar-refractivity contribution in [1.29, 1.82) is 0 Å². The molecule has 0 fully saturated rings. The third-order valence-corrected chi connectivity index (χ3v) is 3.88. The zero-order chi connectivity index (χ0) is 19.2. The number of ether oxygens (including phenoxy) is 1. The summed E-state index contributed by atoms with van der Waals surface area (Å²) in [5.74, 6) is -5.84. The summed E-state index contributed by atoms with van der Waals surface area (Å²) in [6, 6.07) is 11.8. The van der Waals surface area contributed by atoms with Gasteiger partial charge in [0, 0.05) is 17.5 Å². The van der Waals surface area contributed by atoms with Crippen LogP contribution in [0, 0.1) is 5.82 Å². The minimum absolute atomic E-state index is 0.0134. The molecule has 26 heavy (non-hydrogen) atoms. The summed E-state index contributed by atoms with van der Waals surface area (Å²) in [7, 11) is 0. The summed E-state index contributed by atoms with van der Waals surface area (Å²) in [6.07, 6.45) is -0.442. The molecule has 0 aromatic heterocycles. The summed E-state index contributed by atoms with van der Waals surface area (Å²) >= 11 is 0. The van der Waals surface area contributed by atoms with Gasteiger partial charge in [0.25, 0.3) is 0 Å². The second-order valence-corrected chi connectivity index (χ2v) is 5.77. The van der Waals surface area contributed by atoms with Crippen molar-refractivity contribution in [3.8, 4) is 0 Å². The Morgan fingerprint density at radius 1 is 1.04 bits per heavy atom. The molecule has 0 aliphatic heterocycles. The predicted molar refractivity (Wildman–Crippen MR) is 90.8 cm³/mol. The monoisotopic (exact) mass is 364 g/mol. The molecule has 0 unspecified atom stereocenters. The number of benzene rings is 2. The van der Waals surface area contributed by atoms with Crippen LogP contribution in [0.4, 0.5) is 13.2 Å². The first kappa shape index (κ1) is 19.7. The van der Waals surface area contributed by atoms with Gasteiger partial charge in [-0.15, -0.1) is 0 Å². The Balaban J connectivity index is 2.08. The van der Waals surface area contributed by atoms with E-state index in [9.17, 15) is 22.8 Å². The van der Waals surface area contributed by atoms with Crippen molar-refractivity contribution < 1.29 is 27.5 Å². The molecule has 0 aliphatic carbocycles. The van der Waals surface area contributed by atoms with E-state index in [1.165, 1.54) is 31.2 Å². The van der Waals surface area contributed by atoms with Crippen molar-refractivity contribution in [3.05, 3.63) is 71.0 Å². The summed E-state index contributed by atoms with van der Waals surface area (Å²) in [5, 5.41) is 0. The van der Waals surface area contributed by atoms with Gasteiger partial charge in [-0.1, -0.05) is 24.3 Å². The van der Waals surface area contributed by atoms with E-state index < -0.39 is 24.1 Å². The summed E-state index contributed by atoms with van der Waals surface area (Å²) in [4.78, 5) is 23.8. The molecule has 0 aliphatic rings. The van der Waals surface area contributed by atoms with E-state index in [0.29, 0.717) is 16.7 Å². The lowest BCUT2D eigenvalue weighted by atomic mass is 9.95. The van der Waals surface area contributed by atoms with Crippen LogP contribution in [0.25, 0.3) is 0 Å². The molecule has 0 saturated carbocycles. The number of aryl methyl sites for hydroxylation is 1. The first-order chi connectivity index (χ1) is 12.3. The average Bonchev–Trinajstić information content (AvgIpc) is 2.62. The van der Waals surface area contributed by atoms with Crippen LogP contribution in [0.15, 0.2) is 48.5 Å². The lowest BCUT2D eigenvalue weighted by molar-refractivity contribution is -0.172. The second-order valence-electron chi connectivity index (χ2n) is 5.77. The number of carbonyl (C=O) groups excluding carboxylic acids is 2. The Hall–Kier alpha value is -2.63. The van der Waals surface area contributed by atoms with Crippen LogP contribution in [0.2, 0.25) is 0 Å². The predicted octanol–water partition coefficient (Wildman–Crippen LogP) is 4.58. The Morgan fingerprint density at radius 2 is 1.69 bits per heavy atom. The van der Waals surface area contributed by atoms with Crippen LogP contribution in [0.1, 0.15) is 41.3 Å². The van der Waals surface area contributed by atoms with Crippen molar-refractivity contribution in [3.63, 3.8) is 0 Å². The first-order valence-corrected chi connectivity index (χ1v) is 8.28. The fourth-order valence-electron chi connectivity index (χ4n) is 2.56. The quantitative estimate of drug-likeness (QED) is 0.509. The highest BCUT2D eigenvalue weighted by Gasteiger charge is 2.39. The van der Waals surface area contributed by atoms with Crippen LogP contribution in [-0.2, 0) is 16.0 Å². The Kier molecular flexibility index (Phi) is 6.55. The summed E-state index contributed by atoms with van der Waals surface area (Å²) < 4.78 is 44.8. The van der Waals surface area contributed by atoms with Gasteiger partial charge < -0.3 is 4.74 Å². The number of rotatable bonds is 8.